The number of hydrogen-bond acceptors (Lipinski definition) is 6. The van der Waals surface area contributed by atoms with Crippen molar-refractivity contribution in [3.05, 3.63) is 20.9 Å². The number of carbonyl (C=O) groups excluding carboxylic acids is 3. The Kier molecular flexibility index (Phi) is 7.53. The zero-order valence-corrected chi connectivity index (χ0v) is 15.1. The van der Waals surface area contributed by atoms with E-state index in [4.69, 9.17) is 45.3 Å². The summed E-state index contributed by atoms with van der Waals surface area (Å²) in [5, 5.41) is 3.89. The van der Waals surface area contributed by atoms with Crippen LogP contribution in [0.1, 0.15) is 24.3 Å². The Hall–Kier alpha value is -1.77. The molecule has 0 fully saturated rings. The minimum Gasteiger partial charge on any atom is -0.451 e. The van der Waals surface area contributed by atoms with Crippen LogP contribution in [-0.4, -0.2) is 36.0 Å². The van der Waals surface area contributed by atoms with E-state index in [0.717, 1.165) is 0 Å². The van der Waals surface area contributed by atoms with E-state index in [1.54, 1.807) is 0 Å². The number of carbonyl (C=O) groups is 3. The van der Waals surface area contributed by atoms with E-state index in [1.807, 2.05) is 19.2 Å². The summed E-state index contributed by atoms with van der Waals surface area (Å²) in [5.41, 5.74) is 5.05. The van der Waals surface area contributed by atoms with Crippen LogP contribution in [-0.2, 0) is 9.53 Å². The summed E-state index contributed by atoms with van der Waals surface area (Å²) >= 11 is 17.3. The van der Waals surface area contributed by atoms with E-state index in [-0.39, 0.29) is 32.5 Å². The van der Waals surface area contributed by atoms with Gasteiger partial charge < -0.3 is 15.8 Å². The molecule has 132 valence electrons. The monoisotopic (exact) mass is 396 g/mol. The highest BCUT2D eigenvalue weighted by Gasteiger charge is 2.22. The molecule has 0 spiro atoms. The van der Waals surface area contributed by atoms with Crippen molar-refractivity contribution in [3.8, 4) is 0 Å². The smallest absolute Gasteiger partial charge is 0.359 e. The number of pyridine rings is 1. The molecular weight excluding hydrogens is 383 g/mol. The largest absolute Gasteiger partial charge is 0.451 e. The molecule has 11 heteroatoms. The molecule has 0 unspecified atom stereocenters. The topological polar surface area (TPSA) is 123 Å². The van der Waals surface area contributed by atoms with Crippen LogP contribution in [0.15, 0.2) is 0 Å². The zero-order chi connectivity index (χ0) is 18.4. The summed E-state index contributed by atoms with van der Waals surface area (Å²) in [4.78, 5) is 38.5. The lowest BCUT2D eigenvalue weighted by molar-refractivity contribution is -0.123. The Bertz CT molecular complexity index is 667. The molecule has 0 aliphatic heterocycles. The number of rotatable bonds is 5. The van der Waals surface area contributed by atoms with Crippen molar-refractivity contribution in [2.45, 2.75) is 13.8 Å². The summed E-state index contributed by atoms with van der Waals surface area (Å²) in [6.45, 7) is 3.46. The molecule has 0 saturated carbocycles. The number of urea groups is 1. The maximum atomic E-state index is 11.9. The average molecular weight is 398 g/mol. The van der Waals surface area contributed by atoms with Gasteiger partial charge in [0, 0.05) is 6.54 Å². The first-order chi connectivity index (χ1) is 11.1. The van der Waals surface area contributed by atoms with Gasteiger partial charge in [-0.2, -0.15) is 0 Å². The number of anilines is 1. The molecule has 24 heavy (non-hydrogen) atoms. The third-order valence-corrected chi connectivity index (χ3v) is 3.66. The lowest BCUT2D eigenvalue weighted by atomic mass is 10.2. The molecule has 3 amide bonds. The van der Waals surface area contributed by atoms with Crippen molar-refractivity contribution in [1.82, 2.24) is 15.6 Å². The number of aromatic nitrogens is 1. The van der Waals surface area contributed by atoms with Gasteiger partial charge in [-0.05, 0) is 5.92 Å². The highest BCUT2D eigenvalue weighted by Crippen LogP contribution is 2.34. The molecule has 0 atom stereocenters. The highest BCUT2D eigenvalue weighted by atomic mass is 35.5. The number of hydrogen-bond donors (Lipinski definition) is 3. The normalized spacial score (nSPS) is 10.4. The van der Waals surface area contributed by atoms with Gasteiger partial charge in [-0.15, -0.1) is 0 Å². The minimum atomic E-state index is -1.04. The van der Waals surface area contributed by atoms with Crippen LogP contribution in [0.2, 0.25) is 15.2 Å². The van der Waals surface area contributed by atoms with E-state index in [0.29, 0.717) is 6.54 Å². The fraction of sp³-hybridized carbons (Fsp3) is 0.385. The Morgan fingerprint density at radius 1 is 1.21 bits per heavy atom. The van der Waals surface area contributed by atoms with E-state index >= 15 is 0 Å². The summed E-state index contributed by atoms with van der Waals surface area (Å²) in [6.07, 6.45) is 0. The van der Waals surface area contributed by atoms with Crippen molar-refractivity contribution in [3.63, 3.8) is 0 Å². The number of nitrogens with one attached hydrogen (secondary N) is 2. The molecule has 1 aromatic rings. The Labute approximate surface area is 153 Å². The van der Waals surface area contributed by atoms with Gasteiger partial charge in [0.1, 0.15) is 5.02 Å². The number of nitrogen functional groups attached to an aromatic ring is 1. The molecule has 0 saturated heterocycles. The third kappa shape index (κ3) is 5.70. The summed E-state index contributed by atoms with van der Waals surface area (Å²) in [5.74, 6) is -1.64. The molecule has 8 nitrogen and oxygen atoms in total. The maximum Gasteiger partial charge on any atom is 0.359 e. The van der Waals surface area contributed by atoms with Crippen molar-refractivity contribution in [2.24, 2.45) is 5.92 Å². The molecule has 0 aromatic carbocycles. The lowest BCUT2D eigenvalue weighted by Crippen LogP contribution is -2.42. The van der Waals surface area contributed by atoms with Gasteiger partial charge in [-0.1, -0.05) is 48.7 Å². The summed E-state index contributed by atoms with van der Waals surface area (Å²) < 4.78 is 4.71. The van der Waals surface area contributed by atoms with E-state index in [1.165, 1.54) is 0 Å². The van der Waals surface area contributed by atoms with Gasteiger partial charge in [-0.3, -0.25) is 10.1 Å². The Morgan fingerprint density at radius 3 is 2.42 bits per heavy atom. The van der Waals surface area contributed by atoms with Crippen LogP contribution in [0, 0.1) is 5.92 Å². The quantitative estimate of drug-likeness (QED) is 0.517. The highest BCUT2D eigenvalue weighted by molar-refractivity contribution is 6.46. The van der Waals surface area contributed by atoms with Crippen LogP contribution in [0.25, 0.3) is 0 Å². The van der Waals surface area contributed by atoms with E-state index in [2.05, 4.69) is 10.3 Å². The minimum absolute atomic E-state index is 0.0993. The van der Waals surface area contributed by atoms with Crippen LogP contribution < -0.4 is 16.4 Å². The molecule has 0 aliphatic rings. The van der Waals surface area contributed by atoms with Gasteiger partial charge in [0.2, 0.25) is 0 Å². The number of esters is 1. The number of imide groups is 1. The Balaban J connectivity index is 2.61. The van der Waals surface area contributed by atoms with Crippen LogP contribution >= 0.6 is 34.8 Å². The summed E-state index contributed by atoms with van der Waals surface area (Å²) in [7, 11) is 0. The second-order valence-corrected chi connectivity index (χ2v) is 6.13. The second kappa shape index (κ2) is 8.91. The van der Waals surface area contributed by atoms with Gasteiger partial charge in [0.05, 0.1) is 10.7 Å². The maximum absolute atomic E-state index is 11.9. The molecular formula is C13H15Cl3N4O4. The fourth-order valence-electron chi connectivity index (χ4n) is 1.37. The predicted molar refractivity (Wildman–Crippen MR) is 90.3 cm³/mol. The SMILES string of the molecule is CC(C)CNC(=O)NC(=O)COC(=O)c1nc(Cl)c(Cl)c(N)c1Cl. The number of nitrogens with two attached hydrogens (primary N) is 1. The molecule has 0 aliphatic carbocycles. The molecule has 0 bridgehead atoms. The second-order valence-electron chi connectivity index (χ2n) is 5.02. The molecule has 4 N–H and O–H groups in total. The molecule has 0 radical (unpaired) electrons. The molecule has 1 heterocycles. The number of amides is 3. The number of ether oxygens (including phenoxy) is 1. The standard InChI is InChI=1S/C13H15Cl3N4O4/c1-5(2)3-18-13(23)19-6(21)4-24-12(22)10-7(14)9(17)8(15)11(16)20-10/h5H,3-4H2,1-2H3,(H2,17,20)(H2,18,19,21,23). The van der Waals surface area contributed by atoms with Crippen LogP contribution in [0.5, 0.6) is 0 Å². The van der Waals surface area contributed by atoms with Crippen LogP contribution in [0.4, 0.5) is 10.5 Å². The summed E-state index contributed by atoms with van der Waals surface area (Å²) in [6, 6.07) is -0.695. The van der Waals surface area contributed by atoms with Crippen molar-refractivity contribution in [2.75, 3.05) is 18.9 Å². The van der Waals surface area contributed by atoms with E-state index in [9.17, 15) is 14.4 Å². The van der Waals surface area contributed by atoms with Crippen molar-refractivity contribution < 1.29 is 19.1 Å². The number of halogens is 3. The average Bonchev–Trinajstić information content (AvgIpc) is 2.52. The first kappa shape index (κ1) is 20.3. The third-order valence-electron chi connectivity index (χ3n) is 2.52. The molecule has 1 aromatic heterocycles. The van der Waals surface area contributed by atoms with Crippen molar-refractivity contribution in [1.29, 1.82) is 0 Å². The zero-order valence-electron chi connectivity index (χ0n) is 12.8. The van der Waals surface area contributed by atoms with E-state index < -0.39 is 24.5 Å². The fourth-order valence-corrected chi connectivity index (χ4v) is 1.96. The van der Waals surface area contributed by atoms with Gasteiger partial charge in [0.15, 0.2) is 17.5 Å². The molecule has 1 rings (SSSR count). The van der Waals surface area contributed by atoms with Gasteiger partial charge in [0.25, 0.3) is 5.91 Å². The first-order valence-electron chi connectivity index (χ1n) is 6.68. The van der Waals surface area contributed by atoms with Crippen molar-refractivity contribution >= 4 is 58.4 Å². The van der Waals surface area contributed by atoms with Gasteiger partial charge in [-0.25, -0.2) is 14.6 Å². The Morgan fingerprint density at radius 2 is 1.83 bits per heavy atom. The van der Waals surface area contributed by atoms with Crippen LogP contribution in [0.3, 0.4) is 0 Å². The predicted octanol–water partition coefficient (Wildman–Crippen LogP) is 2.26. The lowest BCUT2D eigenvalue weighted by Gasteiger charge is -2.10. The first-order valence-corrected chi connectivity index (χ1v) is 7.81. The van der Waals surface area contributed by atoms with Gasteiger partial charge >= 0.3 is 12.0 Å². The number of nitrogens with zero attached hydrogens (tertiary/aromatic N) is 1.